The summed E-state index contributed by atoms with van der Waals surface area (Å²) in [6.45, 7) is 7.24. The Balaban J connectivity index is 1.53. The average molecular weight is 473 g/mol. The monoisotopic (exact) mass is 472 g/mol. The van der Waals surface area contributed by atoms with E-state index in [-0.39, 0.29) is 5.92 Å². The quantitative estimate of drug-likeness (QED) is 0.316. The molecule has 0 saturated carbocycles. The SMILES string of the molecule is C=C(c1nnn[nH]1)C(c1cccs1)c1cnc(CCCC)n1Cc1ccc(-c2nnn[nH]2)cc1. The Morgan fingerprint density at radius 3 is 2.59 bits per heavy atom. The molecule has 0 aliphatic rings. The Bertz CT molecular complexity index is 1320. The topological polar surface area (TPSA) is 127 Å². The number of hydrogen-bond donors (Lipinski definition) is 2. The van der Waals surface area contributed by atoms with Crippen LogP contribution >= 0.6 is 11.3 Å². The number of nitrogens with zero attached hydrogens (tertiary/aromatic N) is 8. The summed E-state index contributed by atoms with van der Waals surface area (Å²) in [5.74, 6) is 2.17. The number of allylic oxidation sites excluding steroid dienone is 1. The van der Waals surface area contributed by atoms with Crippen molar-refractivity contribution in [2.24, 2.45) is 0 Å². The number of benzene rings is 1. The van der Waals surface area contributed by atoms with Gasteiger partial charge in [0.1, 0.15) is 5.82 Å². The van der Waals surface area contributed by atoms with E-state index in [1.807, 2.05) is 18.3 Å². The standard InChI is InChI=1S/C23H24N10S/c1-3-4-7-20-24-13-18(21(19-6-5-12-34-19)15(2)22-25-29-30-26-22)33(20)14-16-8-10-17(11-9-16)23-27-31-32-28-23/h5-6,8-13,21H,2-4,7,14H2,1H3,(H,25,26,29,30)(H,27,28,31,32). The summed E-state index contributed by atoms with van der Waals surface area (Å²) in [7, 11) is 0. The number of unbranched alkanes of at least 4 members (excludes halogenated alkanes) is 1. The van der Waals surface area contributed by atoms with E-state index in [0.29, 0.717) is 18.2 Å². The van der Waals surface area contributed by atoms with Crippen molar-refractivity contribution in [3.8, 4) is 11.4 Å². The van der Waals surface area contributed by atoms with Crippen LogP contribution < -0.4 is 0 Å². The molecule has 5 rings (SSSR count). The minimum atomic E-state index is -0.114. The highest BCUT2D eigenvalue weighted by Gasteiger charge is 2.27. The Kier molecular flexibility index (Phi) is 6.34. The smallest absolute Gasteiger partial charge is 0.179 e. The zero-order chi connectivity index (χ0) is 23.3. The molecule has 0 spiro atoms. The highest BCUT2D eigenvalue weighted by Crippen LogP contribution is 2.38. The van der Waals surface area contributed by atoms with Crippen molar-refractivity contribution in [1.29, 1.82) is 0 Å². The number of aryl methyl sites for hydroxylation is 1. The average Bonchev–Trinajstić information content (AvgIpc) is 3.68. The maximum Gasteiger partial charge on any atom is 0.179 e. The predicted octanol–water partition coefficient (Wildman–Crippen LogP) is 3.87. The summed E-state index contributed by atoms with van der Waals surface area (Å²) < 4.78 is 2.31. The van der Waals surface area contributed by atoms with Crippen LogP contribution in [0.15, 0.2) is 54.6 Å². The normalized spacial score (nSPS) is 12.1. The number of imidazole rings is 1. The van der Waals surface area contributed by atoms with Gasteiger partial charge in [-0.3, -0.25) is 0 Å². The van der Waals surface area contributed by atoms with Gasteiger partial charge in [-0.2, -0.15) is 0 Å². The molecule has 1 atom stereocenters. The summed E-state index contributed by atoms with van der Waals surface area (Å²) in [5.41, 5.74) is 3.97. The Morgan fingerprint density at radius 1 is 1.09 bits per heavy atom. The van der Waals surface area contributed by atoms with Gasteiger partial charge in [-0.05, 0) is 44.3 Å². The van der Waals surface area contributed by atoms with Crippen LogP contribution in [-0.4, -0.2) is 50.8 Å². The van der Waals surface area contributed by atoms with Crippen molar-refractivity contribution < 1.29 is 0 Å². The molecule has 4 heterocycles. The van der Waals surface area contributed by atoms with Gasteiger partial charge in [0.2, 0.25) is 0 Å². The maximum atomic E-state index is 4.84. The van der Waals surface area contributed by atoms with Crippen LogP contribution in [0.1, 0.15) is 53.5 Å². The van der Waals surface area contributed by atoms with E-state index in [0.717, 1.165) is 52.4 Å². The first kappa shape index (κ1) is 21.8. The molecule has 172 valence electrons. The van der Waals surface area contributed by atoms with Crippen molar-refractivity contribution >= 4 is 16.9 Å². The molecule has 1 unspecified atom stereocenters. The lowest BCUT2D eigenvalue weighted by Gasteiger charge is -2.20. The molecule has 0 aliphatic heterocycles. The number of nitrogens with one attached hydrogen (secondary N) is 2. The lowest BCUT2D eigenvalue weighted by molar-refractivity contribution is 0.654. The van der Waals surface area contributed by atoms with E-state index in [2.05, 4.69) is 89.0 Å². The van der Waals surface area contributed by atoms with Gasteiger partial charge in [0.05, 0.1) is 11.6 Å². The highest BCUT2D eigenvalue weighted by molar-refractivity contribution is 7.10. The van der Waals surface area contributed by atoms with Crippen LogP contribution in [0.3, 0.4) is 0 Å². The van der Waals surface area contributed by atoms with Crippen molar-refractivity contribution in [2.75, 3.05) is 0 Å². The van der Waals surface area contributed by atoms with E-state index in [1.165, 1.54) is 0 Å². The first-order valence-electron chi connectivity index (χ1n) is 11.1. The van der Waals surface area contributed by atoms with Gasteiger partial charge in [-0.25, -0.2) is 15.2 Å². The second kappa shape index (κ2) is 9.87. The van der Waals surface area contributed by atoms with Crippen LogP contribution in [0.5, 0.6) is 0 Å². The van der Waals surface area contributed by atoms with E-state index >= 15 is 0 Å². The molecular weight excluding hydrogens is 448 g/mol. The Morgan fingerprint density at radius 2 is 1.91 bits per heavy atom. The highest BCUT2D eigenvalue weighted by atomic mass is 32.1. The van der Waals surface area contributed by atoms with Crippen LogP contribution in [0.4, 0.5) is 0 Å². The predicted molar refractivity (Wildman–Crippen MR) is 129 cm³/mol. The molecule has 0 fully saturated rings. The van der Waals surface area contributed by atoms with Crippen LogP contribution in [0, 0.1) is 0 Å². The molecule has 1 aromatic carbocycles. The second-order valence-corrected chi connectivity index (χ2v) is 8.94. The zero-order valence-corrected chi connectivity index (χ0v) is 19.5. The zero-order valence-electron chi connectivity index (χ0n) is 18.7. The number of rotatable bonds is 10. The number of thiophene rings is 1. The number of hydrogen-bond acceptors (Lipinski definition) is 8. The van der Waals surface area contributed by atoms with E-state index in [9.17, 15) is 0 Å². The third kappa shape index (κ3) is 4.42. The number of aromatic amines is 2. The summed E-state index contributed by atoms with van der Waals surface area (Å²) in [6.07, 6.45) is 5.06. The molecule has 0 saturated heterocycles. The van der Waals surface area contributed by atoms with Gasteiger partial charge in [-0.15, -0.1) is 21.5 Å². The summed E-state index contributed by atoms with van der Waals surface area (Å²) >= 11 is 1.69. The fraction of sp³-hybridized carbons (Fsp3) is 0.261. The van der Waals surface area contributed by atoms with Gasteiger partial charge >= 0.3 is 0 Å². The lowest BCUT2D eigenvalue weighted by atomic mass is 9.94. The van der Waals surface area contributed by atoms with Gasteiger partial charge in [-0.1, -0.05) is 50.3 Å². The first-order chi connectivity index (χ1) is 16.7. The van der Waals surface area contributed by atoms with Crippen molar-refractivity contribution in [3.05, 3.63) is 82.3 Å². The molecule has 0 bridgehead atoms. The Hall–Kier alpha value is -3.99. The van der Waals surface area contributed by atoms with Gasteiger partial charge in [0, 0.05) is 35.2 Å². The van der Waals surface area contributed by atoms with Gasteiger partial charge < -0.3 is 4.57 Å². The summed E-state index contributed by atoms with van der Waals surface area (Å²) in [5, 5.41) is 30.7. The molecular formula is C23H24N10S. The molecule has 4 aromatic heterocycles. The van der Waals surface area contributed by atoms with Crippen molar-refractivity contribution in [3.63, 3.8) is 0 Å². The van der Waals surface area contributed by atoms with Gasteiger partial charge in [0.25, 0.3) is 0 Å². The molecule has 2 N–H and O–H groups in total. The Labute approximate surface area is 200 Å². The van der Waals surface area contributed by atoms with Crippen LogP contribution in [0.2, 0.25) is 0 Å². The summed E-state index contributed by atoms with van der Waals surface area (Å²) in [4.78, 5) is 6.00. The lowest BCUT2D eigenvalue weighted by Crippen LogP contribution is -2.14. The summed E-state index contributed by atoms with van der Waals surface area (Å²) in [6, 6.07) is 12.4. The van der Waals surface area contributed by atoms with Crippen LogP contribution in [0.25, 0.3) is 17.0 Å². The van der Waals surface area contributed by atoms with E-state index < -0.39 is 0 Å². The van der Waals surface area contributed by atoms with Crippen LogP contribution in [-0.2, 0) is 13.0 Å². The molecule has 11 heteroatoms. The molecule has 5 aromatic rings. The minimum Gasteiger partial charge on any atom is -0.327 e. The van der Waals surface area contributed by atoms with Crippen molar-refractivity contribution in [1.82, 2.24) is 50.8 Å². The molecule has 34 heavy (non-hydrogen) atoms. The number of H-pyrrole nitrogens is 2. The number of aromatic nitrogens is 10. The van der Waals surface area contributed by atoms with E-state index in [1.54, 1.807) is 11.3 Å². The molecule has 10 nitrogen and oxygen atoms in total. The fourth-order valence-electron chi connectivity index (χ4n) is 3.99. The minimum absolute atomic E-state index is 0.114. The van der Waals surface area contributed by atoms with Crippen molar-refractivity contribution in [2.45, 2.75) is 38.6 Å². The molecule has 0 radical (unpaired) electrons. The first-order valence-corrected chi connectivity index (χ1v) is 12.0. The second-order valence-electron chi connectivity index (χ2n) is 7.96. The maximum absolute atomic E-state index is 4.84. The van der Waals surface area contributed by atoms with E-state index in [4.69, 9.17) is 4.98 Å². The molecule has 0 aliphatic carbocycles. The fourth-order valence-corrected chi connectivity index (χ4v) is 4.86. The third-order valence-corrected chi connectivity index (χ3v) is 6.70. The largest absolute Gasteiger partial charge is 0.327 e. The van der Waals surface area contributed by atoms with Gasteiger partial charge in [0.15, 0.2) is 11.6 Å². The number of tetrazole rings is 2. The third-order valence-electron chi connectivity index (χ3n) is 5.76. The molecule has 0 amide bonds.